The maximum Gasteiger partial charge on any atom is 0.308 e. The third-order valence-electron chi connectivity index (χ3n) is 5.18. The van der Waals surface area contributed by atoms with Gasteiger partial charge in [0.05, 0.1) is 17.7 Å². The van der Waals surface area contributed by atoms with Gasteiger partial charge in [-0.2, -0.15) is 0 Å². The van der Waals surface area contributed by atoms with E-state index in [1.165, 1.54) is 0 Å². The fraction of sp³-hybridized carbons (Fsp3) is 0.450. The first kappa shape index (κ1) is 19.4. The molecule has 1 amide bonds. The van der Waals surface area contributed by atoms with E-state index in [1.54, 1.807) is 18.3 Å². The molecule has 1 fully saturated rings. The third-order valence-corrected chi connectivity index (χ3v) is 5.43. The van der Waals surface area contributed by atoms with Crippen LogP contribution in [0.3, 0.4) is 0 Å². The van der Waals surface area contributed by atoms with Gasteiger partial charge in [-0.1, -0.05) is 24.4 Å². The number of carbonyl (C=O) groups excluding carboxylic acids is 1. The van der Waals surface area contributed by atoms with Crippen molar-refractivity contribution in [2.24, 2.45) is 5.92 Å². The van der Waals surface area contributed by atoms with E-state index in [9.17, 15) is 14.7 Å². The summed E-state index contributed by atoms with van der Waals surface area (Å²) in [7, 11) is 0. The molecule has 2 aromatic rings. The molecule has 1 aliphatic carbocycles. The minimum absolute atomic E-state index is 0.183. The summed E-state index contributed by atoms with van der Waals surface area (Å²) in [5, 5.41) is 13.0. The Balaban J connectivity index is 1.58. The Labute approximate surface area is 162 Å². The number of hydrogen-bond acceptors (Lipinski definition) is 4. The molecule has 0 spiro atoms. The lowest BCUT2D eigenvalue weighted by Crippen LogP contribution is -2.55. The second-order valence-electron chi connectivity index (χ2n) is 7.23. The second kappa shape index (κ2) is 8.13. The van der Waals surface area contributed by atoms with Crippen molar-refractivity contribution < 1.29 is 19.1 Å². The van der Waals surface area contributed by atoms with Crippen LogP contribution >= 0.6 is 11.6 Å². The van der Waals surface area contributed by atoms with Gasteiger partial charge in [-0.15, -0.1) is 0 Å². The number of aliphatic carboxylic acids is 1. The number of halogens is 1. The number of aromatic nitrogens is 1. The Kier molecular flexibility index (Phi) is 5.85. The minimum Gasteiger partial charge on any atom is -0.481 e. The van der Waals surface area contributed by atoms with E-state index in [-0.39, 0.29) is 12.3 Å². The molecule has 1 aliphatic rings. The Morgan fingerprint density at radius 2 is 2.07 bits per heavy atom. The number of nitrogens with zero attached hydrogens (tertiary/aromatic N) is 1. The lowest BCUT2D eigenvalue weighted by Gasteiger charge is -2.39. The van der Waals surface area contributed by atoms with Crippen molar-refractivity contribution in [2.75, 3.05) is 0 Å². The molecule has 7 heteroatoms. The van der Waals surface area contributed by atoms with Crippen molar-refractivity contribution >= 4 is 23.5 Å². The topological polar surface area (TPSA) is 92.4 Å². The van der Waals surface area contributed by atoms with Crippen molar-refractivity contribution in [1.82, 2.24) is 10.3 Å². The third kappa shape index (κ3) is 4.69. The predicted octanol–water partition coefficient (Wildman–Crippen LogP) is 4.08. The molecule has 0 radical (unpaired) electrons. The number of rotatable bonds is 6. The Morgan fingerprint density at radius 1 is 1.33 bits per heavy atom. The van der Waals surface area contributed by atoms with E-state index in [2.05, 4.69) is 10.3 Å². The van der Waals surface area contributed by atoms with Crippen LogP contribution in [-0.4, -0.2) is 27.5 Å². The number of carbonyl (C=O) groups is 2. The molecular formula is C20H23ClN2O4. The van der Waals surface area contributed by atoms with E-state index in [4.69, 9.17) is 16.0 Å². The molecule has 2 unspecified atom stereocenters. The molecule has 2 N–H and O–H groups in total. The number of hydrogen-bond donors (Lipinski definition) is 2. The van der Waals surface area contributed by atoms with Gasteiger partial charge in [-0.25, -0.2) is 4.98 Å². The summed E-state index contributed by atoms with van der Waals surface area (Å²) in [6.07, 6.45) is 5.25. The zero-order chi connectivity index (χ0) is 19.4. The van der Waals surface area contributed by atoms with Crippen molar-refractivity contribution in [3.05, 3.63) is 41.4 Å². The van der Waals surface area contributed by atoms with Crippen LogP contribution in [-0.2, 0) is 16.0 Å². The fourth-order valence-electron chi connectivity index (χ4n) is 3.65. The molecule has 6 nitrogen and oxygen atoms in total. The highest BCUT2D eigenvalue weighted by Gasteiger charge is 2.42. The number of nitrogens with one attached hydrogen (secondary N) is 1. The highest BCUT2D eigenvalue weighted by atomic mass is 35.5. The first-order chi connectivity index (χ1) is 12.9. The number of benzene rings is 1. The summed E-state index contributed by atoms with van der Waals surface area (Å²) < 4.78 is 5.71. The summed E-state index contributed by atoms with van der Waals surface area (Å²) in [5.41, 5.74) is 0.160. The Morgan fingerprint density at radius 3 is 2.78 bits per heavy atom. The smallest absolute Gasteiger partial charge is 0.308 e. The highest BCUT2D eigenvalue weighted by molar-refractivity contribution is 6.30. The van der Waals surface area contributed by atoms with Gasteiger partial charge in [0.25, 0.3) is 0 Å². The van der Waals surface area contributed by atoms with Gasteiger partial charge in [0, 0.05) is 23.4 Å². The molecule has 144 valence electrons. The normalized spacial score (nSPS) is 22.4. The number of carboxylic acid groups (broad SMARTS) is 1. The minimum atomic E-state index is -0.849. The van der Waals surface area contributed by atoms with Crippen LogP contribution in [0.4, 0.5) is 0 Å². The summed E-state index contributed by atoms with van der Waals surface area (Å²) in [5.74, 6) is -0.492. The van der Waals surface area contributed by atoms with Crippen LogP contribution in [0.5, 0.6) is 0 Å². The van der Waals surface area contributed by atoms with Gasteiger partial charge in [-0.05, 0) is 44.0 Å². The zero-order valence-corrected chi connectivity index (χ0v) is 16.0. The van der Waals surface area contributed by atoms with Crippen LogP contribution in [0, 0.1) is 5.92 Å². The Hall–Kier alpha value is -2.34. The molecule has 2 atom stereocenters. The van der Waals surface area contributed by atoms with E-state index in [0.29, 0.717) is 35.9 Å². The van der Waals surface area contributed by atoms with Gasteiger partial charge in [0.2, 0.25) is 5.91 Å². The standard InChI is InChI=1S/C20H23ClN2O4/c1-20(11-3-2-4-15(20)19(25)26)23-17(24)9-10-18-22-12-16(27-18)13-5-7-14(21)8-6-13/h5-8,12,15H,2-4,9-11H2,1H3,(H,23,24)(H,25,26). The molecule has 27 heavy (non-hydrogen) atoms. The summed E-state index contributed by atoms with van der Waals surface area (Å²) in [6, 6.07) is 7.23. The first-order valence-corrected chi connectivity index (χ1v) is 9.50. The molecule has 1 aromatic heterocycles. The van der Waals surface area contributed by atoms with Crippen LogP contribution in [0.25, 0.3) is 11.3 Å². The van der Waals surface area contributed by atoms with E-state index < -0.39 is 17.4 Å². The van der Waals surface area contributed by atoms with E-state index in [1.807, 2.05) is 19.1 Å². The predicted molar refractivity (Wildman–Crippen MR) is 101 cm³/mol. The van der Waals surface area contributed by atoms with E-state index in [0.717, 1.165) is 18.4 Å². The van der Waals surface area contributed by atoms with Crippen LogP contribution in [0.1, 0.15) is 44.9 Å². The average molecular weight is 391 g/mol. The SMILES string of the molecule is CC1(NC(=O)CCc2ncc(-c3ccc(Cl)cc3)o2)CCCCC1C(=O)O. The molecule has 0 aliphatic heterocycles. The summed E-state index contributed by atoms with van der Waals surface area (Å²) in [6.45, 7) is 1.83. The number of aryl methyl sites for hydroxylation is 1. The quantitative estimate of drug-likeness (QED) is 0.775. The maximum absolute atomic E-state index is 12.4. The summed E-state index contributed by atoms with van der Waals surface area (Å²) >= 11 is 5.88. The van der Waals surface area contributed by atoms with Gasteiger partial charge < -0.3 is 14.8 Å². The lowest BCUT2D eigenvalue weighted by atomic mass is 9.74. The molecule has 1 heterocycles. The highest BCUT2D eigenvalue weighted by Crippen LogP contribution is 2.34. The number of oxazole rings is 1. The molecule has 3 rings (SSSR count). The molecule has 0 bridgehead atoms. The van der Waals surface area contributed by atoms with Gasteiger partial charge in [0.15, 0.2) is 11.7 Å². The van der Waals surface area contributed by atoms with E-state index >= 15 is 0 Å². The van der Waals surface area contributed by atoms with Gasteiger partial charge in [-0.3, -0.25) is 9.59 Å². The zero-order valence-electron chi connectivity index (χ0n) is 15.2. The monoisotopic (exact) mass is 390 g/mol. The largest absolute Gasteiger partial charge is 0.481 e. The van der Waals surface area contributed by atoms with Crippen molar-refractivity contribution in [2.45, 2.75) is 51.0 Å². The molecule has 0 saturated heterocycles. The molecule has 1 saturated carbocycles. The van der Waals surface area contributed by atoms with Crippen molar-refractivity contribution in [1.29, 1.82) is 0 Å². The van der Waals surface area contributed by atoms with Crippen LogP contribution < -0.4 is 5.32 Å². The van der Waals surface area contributed by atoms with Gasteiger partial charge >= 0.3 is 5.97 Å². The molecular weight excluding hydrogens is 368 g/mol. The number of amides is 1. The fourth-order valence-corrected chi connectivity index (χ4v) is 3.78. The van der Waals surface area contributed by atoms with Gasteiger partial charge in [0.1, 0.15) is 0 Å². The van der Waals surface area contributed by atoms with Crippen LogP contribution in [0.15, 0.2) is 34.9 Å². The first-order valence-electron chi connectivity index (χ1n) is 9.12. The van der Waals surface area contributed by atoms with Crippen LogP contribution in [0.2, 0.25) is 5.02 Å². The van der Waals surface area contributed by atoms with Crippen molar-refractivity contribution in [3.63, 3.8) is 0 Å². The maximum atomic E-state index is 12.4. The summed E-state index contributed by atoms with van der Waals surface area (Å²) in [4.78, 5) is 28.1. The second-order valence-corrected chi connectivity index (χ2v) is 7.66. The number of carboxylic acids is 1. The Bertz CT molecular complexity index is 818. The molecule has 1 aromatic carbocycles. The van der Waals surface area contributed by atoms with Crippen molar-refractivity contribution in [3.8, 4) is 11.3 Å². The average Bonchev–Trinajstić information content (AvgIpc) is 3.09. The lowest BCUT2D eigenvalue weighted by molar-refractivity contribution is -0.146.